The van der Waals surface area contributed by atoms with Crippen molar-refractivity contribution in [3.63, 3.8) is 0 Å². The van der Waals surface area contributed by atoms with Crippen LogP contribution in [0.5, 0.6) is 0 Å². The number of carbonyl (C=O) groups excluding carboxylic acids is 1. The first-order valence-corrected chi connectivity index (χ1v) is 13.4. The van der Waals surface area contributed by atoms with E-state index in [1.54, 1.807) is 6.07 Å². The Bertz CT molecular complexity index is 1150. The van der Waals surface area contributed by atoms with Crippen LogP contribution in [-0.4, -0.2) is 39.9 Å². The largest absolute Gasteiger partial charge is 0.376 e. The van der Waals surface area contributed by atoms with Crippen LogP contribution in [0, 0.1) is 5.82 Å². The summed E-state index contributed by atoms with van der Waals surface area (Å²) in [4.78, 5) is 12.2. The molecule has 1 amide bonds. The van der Waals surface area contributed by atoms with Gasteiger partial charge in [0, 0.05) is 41.8 Å². The van der Waals surface area contributed by atoms with Gasteiger partial charge in [-0.3, -0.25) is 9.36 Å². The van der Waals surface area contributed by atoms with Gasteiger partial charge >= 0.3 is 0 Å². The fourth-order valence-corrected chi connectivity index (χ4v) is 5.37. The van der Waals surface area contributed by atoms with Crippen molar-refractivity contribution in [2.75, 3.05) is 13.2 Å². The van der Waals surface area contributed by atoms with Crippen LogP contribution in [0.3, 0.4) is 0 Å². The fourth-order valence-electron chi connectivity index (χ4n) is 3.90. The van der Waals surface area contributed by atoms with Crippen LogP contribution >= 0.6 is 35.0 Å². The lowest BCUT2D eigenvalue weighted by Crippen LogP contribution is -2.31. The summed E-state index contributed by atoms with van der Waals surface area (Å²) in [5, 5.41) is 13.5. The van der Waals surface area contributed by atoms with Gasteiger partial charge in [-0.25, -0.2) is 4.39 Å². The molecule has 186 valence electrons. The third-order valence-electron chi connectivity index (χ3n) is 5.74. The molecule has 1 atom stereocenters. The van der Waals surface area contributed by atoms with Crippen LogP contribution in [0.25, 0.3) is 5.69 Å². The van der Waals surface area contributed by atoms with Crippen molar-refractivity contribution in [3.05, 3.63) is 69.7 Å². The number of nitrogens with zero attached hydrogens (tertiary/aromatic N) is 3. The summed E-state index contributed by atoms with van der Waals surface area (Å²) in [5.74, 6) is 0.987. The Hall–Kier alpha value is -2.13. The number of benzene rings is 2. The van der Waals surface area contributed by atoms with Crippen LogP contribution in [0.1, 0.15) is 43.5 Å². The molecule has 1 unspecified atom stereocenters. The lowest BCUT2D eigenvalue weighted by molar-refractivity contribution is -0.121. The van der Waals surface area contributed by atoms with Crippen molar-refractivity contribution in [2.45, 2.75) is 55.5 Å². The maximum absolute atomic E-state index is 13.4. The first-order chi connectivity index (χ1) is 17.0. The first-order valence-electron chi connectivity index (χ1n) is 11.6. The van der Waals surface area contributed by atoms with Crippen LogP contribution in [0.4, 0.5) is 4.39 Å². The van der Waals surface area contributed by atoms with Crippen molar-refractivity contribution < 1.29 is 13.9 Å². The molecular weight excluding hydrogens is 510 g/mol. The van der Waals surface area contributed by atoms with Crippen molar-refractivity contribution in [1.29, 1.82) is 0 Å². The van der Waals surface area contributed by atoms with Crippen LogP contribution in [0.15, 0.2) is 47.6 Å². The minimum atomic E-state index is -0.367. The lowest BCUT2D eigenvalue weighted by Gasteiger charge is -2.12. The number of hydrogen-bond acceptors (Lipinski definition) is 5. The predicted octanol–water partition coefficient (Wildman–Crippen LogP) is 6.01. The molecule has 1 aliphatic heterocycles. The van der Waals surface area contributed by atoms with Gasteiger partial charge in [0.25, 0.3) is 0 Å². The van der Waals surface area contributed by atoms with Gasteiger partial charge in [0.2, 0.25) is 5.91 Å². The molecule has 0 aliphatic carbocycles. The zero-order chi connectivity index (χ0) is 24.6. The highest BCUT2D eigenvalue weighted by Gasteiger charge is 2.17. The maximum atomic E-state index is 13.4. The summed E-state index contributed by atoms with van der Waals surface area (Å²) in [6.45, 7) is 1.37. The van der Waals surface area contributed by atoms with E-state index in [0.717, 1.165) is 49.4 Å². The summed E-state index contributed by atoms with van der Waals surface area (Å²) >= 11 is 13.9. The Balaban J connectivity index is 1.38. The highest BCUT2D eigenvalue weighted by molar-refractivity contribution is 7.98. The number of ether oxygens (including phenoxy) is 1. The van der Waals surface area contributed by atoms with Gasteiger partial charge in [-0.15, -0.1) is 10.2 Å². The van der Waals surface area contributed by atoms with Gasteiger partial charge in [-0.1, -0.05) is 47.1 Å². The van der Waals surface area contributed by atoms with E-state index in [0.29, 0.717) is 40.3 Å². The normalized spacial score (nSPS) is 15.5. The lowest BCUT2D eigenvalue weighted by atomic mass is 10.1. The number of aryl methyl sites for hydroxylation is 1. The Labute approximate surface area is 218 Å². The molecule has 1 saturated heterocycles. The molecule has 0 bridgehead atoms. The number of nitrogens with one attached hydrogen (secondary N) is 1. The van der Waals surface area contributed by atoms with E-state index in [-0.39, 0.29) is 17.8 Å². The molecule has 4 rings (SSSR count). The van der Waals surface area contributed by atoms with Crippen molar-refractivity contribution in [2.24, 2.45) is 0 Å². The minimum Gasteiger partial charge on any atom is -0.376 e. The van der Waals surface area contributed by atoms with Crippen LogP contribution in [0.2, 0.25) is 10.0 Å². The molecule has 0 saturated carbocycles. The second kappa shape index (κ2) is 12.7. The molecule has 35 heavy (non-hydrogen) atoms. The fraction of sp³-hybridized carbons (Fsp3) is 0.400. The number of amides is 1. The number of aromatic nitrogens is 3. The summed E-state index contributed by atoms with van der Waals surface area (Å²) in [7, 11) is 0. The molecular formula is C25H27Cl2FN4O2S. The Kier molecular flexibility index (Phi) is 9.43. The van der Waals surface area contributed by atoms with E-state index < -0.39 is 0 Å². The second-order valence-corrected chi connectivity index (χ2v) is 10.2. The van der Waals surface area contributed by atoms with E-state index in [1.165, 1.54) is 23.9 Å². The van der Waals surface area contributed by atoms with Crippen LogP contribution < -0.4 is 5.32 Å². The van der Waals surface area contributed by atoms with Crippen molar-refractivity contribution >= 4 is 40.9 Å². The van der Waals surface area contributed by atoms with Crippen molar-refractivity contribution in [1.82, 2.24) is 20.1 Å². The van der Waals surface area contributed by atoms with E-state index in [1.807, 2.05) is 28.8 Å². The summed E-state index contributed by atoms with van der Waals surface area (Å²) in [6, 6.07) is 11.9. The molecule has 6 nitrogen and oxygen atoms in total. The van der Waals surface area contributed by atoms with Gasteiger partial charge in [-0.05, 0) is 61.6 Å². The third-order valence-corrected chi connectivity index (χ3v) is 7.31. The Morgan fingerprint density at radius 1 is 1.20 bits per heavy atom. The van der Waals surface area contributed by atoms with E-state index in [4.69, 9.17) is 27.9 Å². The Morgan fingerprint density at radius 3 is 2.86 bits per heavy atom. The third kappa shape index (κ3) is 7.43. The van der Waals surface area contributed by atoms with E-state index >= 15 is 0 Å². The molecule has 1 aliphatic rings. The maximum Gasteiger partial charge on any atom is 0.220 e. The molecule has 10 heteroatoms. The summed E-state index contributed by atoms with van der Waals surface area (Å²) in [5.41, 5.74) is 1.67. The molecule has 2 aromatic carbocycles. The highest BCUT2D eigenvalue weighted by Crippen LogP contribution is 2.29. The number of hydrogen-bond donors (Lipinski definition) is 1. The number of carbonyl (C=O) groups is 1. The molecule has 2 heterocycles. The molecule has 0 spiro atoms. The monoisotopic (exact) mass is 536 g/mol. The average molecular weight is 537 g/mol. The molecule has 3 aromatic rings. The van der Waals surface area contributed by atoms with Crippen molar-refractivity contribution in [3.8, 4) is 5.69 Å². The smallest absolute Gasteiger partial charge is 0.220 e. The molecule has 1 aromatic heterocycles. The van der Waals surface area contributed by atoms with Crippen LogP contribution in [-0.2, 0) is 21.7 Å². The topological polar surface area (TPSA) is 69.0 Å². The number of rotatable bonds is 11. The van der Waals surface area contributed by atoms with Gasteiger partial charge in [0.1, 0.15) is 11.6 Å². The van der Waals surface area contributed by atoms with Gasteiger partial charge in [-0.2, -0.15) is 0 Å². The summed E-state index contributed by atoms with van der Waals surface area (Å²) < 4.78 is 20.9. The molecule has 0 radical (unpaired) electrons. The second-order valence-electron chi connectivity index (χ2n) is 8.38. The SMILES string of the molecule is O=C(CCCCc1nnc(SCc2ccc(F)cc2Cl)n1-c1cccc(Cl)c1)NCC1CCCO1. The minimum absolute atomic E-state index is 0.0456. The van der Waals surface area contributed by atoms with Gasteiger partial charge in [0.05, 0.1) is 11.8 Å². The zero-order valence-electron chi connectivity index (χ0n) is 19.2. The standard InChI is InChI=1S/C25H27Cl2FN4O2S/c26-18-5-3-6-20(13-18)32-23(8-1-2-9-24(33)29-15-21-7-4-12-34-21)30-31-25(32)35-16-17-10-11-19(28)14-22(17)27/h3,5-6,10-11,13-14,21H,1-2,4,7-9,12,15-16H2,(H,29,33). The number of thioether (sulfide) groups is 1. The first kappa shape index (κ1) is 25.9. The van der Waals surface area contributed by atoms with E-state index in [9.17, 15) is 9.18 Å². The summed E-state index contributed by atoms with van der Waals surface area (Å²) in [6.07, 6.45) is 4.88. The quantitative estimate of drug-likeness (QED) is 0.240. The average Bonchev–Trinajstić information content (AvgIpc) is 3.50. The molecule has 1 N–H and O–H groups in total. The van der Waals surface area contributed by atoms with E-state index in [2.05, 4.69) is 15.5 Å². The number of unbranched alkanes of at least 4 members (excludes halogenated alkanes) is 1. The predicted molar refractivity (Wildman–Crippen MR) is 137 cm³/mol. The number of halogens is 3. The van der Waals surface area contributed by atoms with Gasteiger partial charge < -0.3 is 10.1 Å². The molecule has 1 fully saturated rings. The highest BCUT2D eigenvalue weighted by atomic mass is 35.5. The van der Waals surface area contributed by atoms with Gasteiger partial charge in [0.15, 0.2) is 5.16 Å². The zero-order valence-corrected chi connectivity index (χ0v) is 21.5. The Morgan fingerprint density at radius 2 is 2.09 bits per heavy atom.